The normalized spacial score (nSPS) is 11.9. The molecule has 2 aromatic heterocycles. The maximum absolute atomic E-state index is 11.9. The fourth-order valence-electron chi connectivity index (χ4n) is 1.06. The van der Waals surface area contributed by atoms with Gasteiger partial charge in [0.25, 0.3) is 5.88 Å². The Kier molecular flexibility index (Phi) is 2.29. The molecule has 0 aliphatic heterocycles. The van der Waals surface area contributed by atoms with Crippen LogP contribution in [0.15, 0.2) is 12.4 Å². The lowest BCUT2D eigenvalue weighted by Crippen LogP contribution is -2.20. The van der Waals surface area contributed by atoms with Crippen molar-refractivity contribution >= 4 is 11.6 Å². The van der Waals surface area contributed by atoms with E-state index in [-0.39, 0.29) is 17.5 Å². The molecule has 0 fully saturated rings. The molecule has 2 N–H and O–H groups in total. The molecule has 2 heterocycles. The molecule has 86 valence electrons. The average Bonchev–Trinajstić information content (AvgIpc) is 2.54. The highest BCUT2D eigenvalue weighted by atomic mass is 19.4. The van der Waals surface area contributed by atoms with Crippen LogP contribution in [0.2, 0.25) is 0 Å². The molecule has 0 aromatic carbocycles. The molecule has 0 spiro atoms. The SMILES string of the molecule is Nc1nc2c(OCC(F)(F)F)nccn2n1. The molecule has 6 nitrogen and oxygen atoms in total. The Morgan fingerprint density at radius 1 is 1.44 bits per heavy atom. The fourth-order valence-corrected chi connectivity index (χ4v) is 1.06. The number of aromatic nitrogens is 4. The third-order valence-electron chi connectivity index (χ3n) is 1.61. The van der Waals surface area contributed by atoms with Crippen molar-refractivity contribution < 1.29 is 17.9 Å². The van der Waals surface area contributed by atoms with Gasteiger partial charge < -0.3 is 10.5 Å². The molecule has 0 aliphatic carbocycles. The van der Waals surface area contributed by atoms with Crippen LogP contribution in [0.1, 0.15) is 0 Å². The first-order valence-electron chi connectivity index (χ1n) is 4.12. The monoisotopic (exact) mass is 233 g/mol. The van der Waals surface area contributed by atoms with Gasteiger partial charge >= 0.3 is 6.18 Å². The third kappa shape index (κ3) is 2.12. The largest absolute Gasteiger partial charge is 0.465 e. The van der Waals surface area contributed by atoms with Crippen molar-refractivity contribution in [2.24, 2.45) is 0 Å². The van der Waals surface area contributed by atoms with E-state index in [4.69, 9.17) is 5.73 Å². The number of alkyl halides is 3. The van der Waals surface area contributed by atoms with Crippen molar-refractivity contribution in [2.75, 3.05) is 12.3 Å². The molecule has 0 aliphatic rings. The van der Waals surface area contributed by atoms with Crippen molar-refractivity contribution in [3.63, 3.8) is 0 Å². The van der Waals surface area contributed by atoms with Crippen LogP contribution >= 0.6 is 0 Å². The second-order valence-corrected chi connectivity index (χ2v) is 2.87. The van der Waals surface area contributed by atoms with Gasteiger partial charge in [0.2, 0.25) is 11.6 Å². The van der Waals surface area contributed by atoms with Crippen LogP contribution in [-0.2, 0) is 0 Å². The molecule has 0 atom stereocenters. The Labute approximate surface area is 86.9 Å². The number of hydrogen-bond donors (Lipinski definition) is 1. The third-order valence-corrected chi connectivity index (χ3v) is 1.61. The van der Waals surface area contributed by atoms with E-state index in [2.05, 4.69) is 19.8 Å². The topological polar surface area (TPSA) is 78.3 Å². The summed E-state index contributed by atoms with van der Waals surface area (Å²) in [4.78, 5) is 7.31. The van der Waals surface area contributed by atoms with Gasteiger partial charge in [-0.25, -0.2) is 9.50 Å². The van der Waals surface area contributed by atoms with Crippen molar-refractivity contribution in [2.45, 2.75) is 6.18 Å². The number of halogens is 3. The van der Waals surface area contributed by atoms with E-state index in [1.54, 1.807) is 0 Å². The van der Waals surface area contributed by atoms with E-state index in [1.807, 2.05) is 0 Å². The van der Waals surface area contributed by atoms with E-state index >= 15 is 0 Å². The van der Waals surface area contributed by atoms with Gasteiger partial charge in [0.15, 0.2) is 6.61 Å². The Morgan fingerprint density at radius 3 is 2.88 bits per heavy atom. The molecule has 9 heteroatoms. The van der Waals surface area contributed by atoms with E-state index in [1.165, 1.54) is 16.9 Å². The minimum atomic E-state index is -4.43. The minimum absolute atomic E-state index is 0.0456. The summed E-state index contributed by atoms with van der Waals surface area (Å²) in [5.41, 5.74) is 5.34. The molecular weight excluding hydrogens is 227 g/mol. The summed E-state index contributed by atoms with van der Waals surface area (Å²) in [6, 6.07) is 0. The van der Waals surface area contributed by atoms with Crippen molar-refractivity contribution in [1.29, 1.82) is 0 Å². The van der Waals surface area contributed by atoms with Crippen molar-refractivity contribution in [3.8, 4) is 5.88 Å². The van der Waals surface area contributed by atoms with E-state index in [9.17, 15) is 13.2 Å². The van der Waals surface area contributed by atoms with Crippen LogP contribution in [0.4, 0.5) is 19.1 Å². The Hall–Kier alpha value is -2.06. The second kappa shape index (κ2) is 3.51. The summed E-state index contributed by atoms with van der Waals surface area (Å²) in [7, 11) is 0. The van der Waals surface area contributed by atoms with Crippen LogP contribution in [0, 0.1) is 0 Å². The van der Waals surface area contributed by atoms with Gasteiger partial charge in [0.05, 0.1) is 0 Å². The van der Waals surface area contributed by atoms with Crippen LogP contribution in [0.3, 0.4) is 0 Å². The molecule has 0 amide bonds. The number of hydrogen-bond acceptors (Lipinski definition) is 5. The standard InChI is InChI=1S/C7H6F3N5O/c8-7(9,10)3-16-5-4-13-6(11)14-15(4)2-1-12-5/h1-2H,3H2,(H2,11,14). The summed E-state index contributed by atoms with van der Waals surface area (Å²) in [6.07, 6.45) is -1.79. The Morgan fingerprint density at radius 2 is 2.19 bits per heavy atom. The van der Waals surface area contributed by atoms with Crippen LogP contribution in [0.25, 0.3) is 5.65 Å². The molecule has 2 rings (SSSR count). The quantitative estimate of drug-likeness (QED) is 0.823. The highest BCUT2D eigenvalue weighted by Crippen LogP contribution is 2.19. The lowest BCUT2D eigenvalue weighted by atomic mass is 10.6. The number of nitrogens with zero attached hydrogens (tertiary/aromatic N) is 4. The molecule has 0 saturated carbocycles. The number of nitrogen functional groups attached to an aromatic ring is 1. The van der Waals surface area contributed by atoms with Crippen molar-refractivity contribution in [1.82, 2.24) is 19.6 Å². The predicted octanol–water partition coefficient (Wildman–Crippen LogP) is 0.648. The van der Waals surface area contributed by atoms with Gasteiger partial charge in [-0.05, 0) is 0 Å². The first kappa shape index (κ1) is 10.5. The first-order chi connectivity index (χ1) is 7.46. The van der Waals surface area contributed by atoms with Gasteiger partial charge in [-0.1, -0.05) is 0 Å². The lowest BCUT2D eigenvalue weighted by molar-refractivity contribution is -0.153. The van der Waals surface area contributed by atoms with Gasteiger partial charge in [-0.2, -0.15) is 18.2 Å². The maximum atomic E-state index is 11.9. The highest BCUT2D eigenvalue weighted by molar-refractivity contribution is 5.50. The summed E-state index contributed by atoms with van der Waals surface area (Å²) in [5, 5.41) is 3.70. The zero-order valence-electron chi connectivity index (χ0n) is 7.77. The Balaban J connectivity index is 2.30. The average molecular weight is 233 g/mol. The van der Waals surface area contributed by atoms with Gasteiger partial charge in [-0.3, -0.25) is 0 Å². The molecule has 0 saturated heterocycles. The molecule has 0 unspecified atom stereocenters. The van der Waals surface area contributed by atoms with Crippen LogP contribution in [-0.4, -0.2) is 32.4 Å². The number of anilines is 1. The van der Waals surface area contributed by atoms with E-state index in [0.717, 1.165) is 0 Å². The number of nitrogens with two attached hydrogens (primary N) is 1. The number of fused-ring (bicyclic) bond motifs is 1. The number of rotatable bonds is 2. The summed E-state index contributed by atoms with van der Waals surface area (Å²) < 4.78 is 41.4. The summed E-state index contributed by atoms with van der Waals surface area (Å²) >= 11 is 0. The van der Waals surface area contributed by atoms with Crippen molar-refractivity contribution in [3.05, 3.63) is 12.4 Å². The van der Waals surface area contributed by atoms with Crippen LogP contribution < -0.4 is 10.5 Å². The molecule has 2 aromatic rings. The summed E-state index contributed by atoms with van der Waals surface area (Å²) in [6.45, 7) is -1.44. The minimum Gasteiger partial charge on any atom is -0.465 e. The van der Waals surface area contributed by atoms with Gasteiger partial charge in [0, 0.05) is 12.4 Å². The van der Waals surface area contributed by atoms with Crippen LogP contribution in [0.5, 0.6) is 5.88 Å². The Bertz CT molecular complexity index is 508. The van der Waals surface area contributed by atoms with E-state index in [0.29, 0.717) is 0 Å². The molecule has 16 heavy (non-hydrogen) atoms. The smallest absolute Gasteiger partial charge is 0.422 e. The number of ether oxygens (including phenoxy) is 1. The second-order valence-electron chi connectivity index (χ2n) is 2.87. The zero-order valence-corrected chi connectivity index (χ0v) is 7.77. The predicted molar refractivity (Wildman–Crippen MR) is 46.7 cm³/mol. The molecule has 0 radical (unpaired) electrons. The molecule has 0 bridgehead atoms. The van der Waals surface area contributed by atoms with Gasteiger partial charge in [0.1, 0.15) is 0 Å². The maximum Gasteiger partial charge on any atom is 0.422 e. The summed E-state index contributed by atoms with van der Waals surface area (Å²) in [5.74, 6) is -0.325. The highest BCUT2D eigenvalue weighted by Gasteiger charge is 2.29. The zero-order chi connectivity index (χ0) is 11.8. The lowest BCUT2D eigenvalue weighted by Gasteiger charge is -2.07. The molecular formula is C7H6F3N5O. The van der Waals surface area contributed by atoms with Gasteiger partial charge in [-0.15, -0.1) is 5.10 Å². The fraction of sp³-hybridized carbons (Fsp3) is 0.286. The first-order valence-corrected chi connectivity index (χ1v) is 4.12. The van der Waals surface area contributed by atoms with E-state index < -0.39 is 12.8 Å².